The fourth-order valence-corrected chi connectivity index (χ4v) is 4.00. The van der Waals surface area contributed by atoms with Crippen LogP contribution in [0.25, 0.3) is 0 Å². The first kappa shape index (κ1) is 15.7. The van der Waals surface area contributed by atoms with Crippen LogP contribution in [0.2, 0.25) is 5.02 Å². The van der Waals surface area contributed by atoms with Gasteiger partial charge in [-0.2, -0.15) is 0 Å². The van der Waals surface area contributed by atoms with E-state index in [1.54, 1.807) is 13.0 Å². The lowest BCUT2D eigenvalue weighted by atomic mass is 10.3. The minimum atomic E-state index is -0.910. The van der Waals surface area contributed by atoms with Gasteiger partial charge in [0.15, 0.2) is 4.34 Å². The molecule has 0 aliphatic rings. The molecule has 21 heavy (non-hydrogen) atoms. The summed E-state index contributed by atoms with van der Waals surface area (Å²) in [6.45, 7) is 1.75. The van der Waals surface area contributed by atoms with Gasteiger partial charge in [-0.05, 0) is 13.0 Å². The fourth-order valence-electron chi connectivity index (χ4n) is 1.53. The van der Waals surface area contributed by atoms with Crippen molar-refractivity contribution in [3.63, 3.8) is 0 Å². The lowest BCUT2D eigenvalue weighted by Crippen LogP contribution is -1.99. The van der Waals surface area contributed by atoms with Gasteiger partial charge in [-0.3, -0.25) is 14.9 Å². The number of aliphatic carboxylic acids is 1. The van der Waals surface area contributed by atoms with Crippen molar-refractivity contribution in [2.24, 2.45) is 0 Å². The lowest BCUT2D eigenvalue weighted by Gasteiger charge is -2.00. The van der Waals surface area contributed by atoms with E-state index in [9.17, 15) is 14.9 Å². The molecular formula is C12H9ClN2O4S2. The Morgan fingerprint density at radius 3 is 2.86 bits per heavy atom. The van der Waals surface area contributed by atoms with E-state index in [1.165, 1.54) is 35.2 Å². The van der Waals surface area contributed by atoms with Crippen LogP contribution in [-0.4, -0.2) is 21.0 Å². The predicted octanol–water partition coefficient (Wildman–Crippen LogP) is 3.79. The van der Waals surface area contributed by atoms with E-state index >= 15 is 0 Å². The summed E-state index contributed by atoms with van der Waals surface area (Å²) in [5.74, 6) is -0.910. The maximum absolute atomic E-state index is 10.7. The number of hydrogen-bond acceptors (Lipinski definition) is 6. The number of aromatic nitrogens is 1. The number of aryl methyl sites for hydroxylation is 1. The Morgan fingerprint density at radius 2 is 2.29 bits per heavy atom. The van der Waals surface area contributed by atoms with Gasteiger partial charge >= 0.3 is 5.97 Å². The van der Waals surface area contributed by atoms with E-state index in [0.717, 1.165) is 0 Å². The Hall–Kier alpha value is -1.64. The van der Waals surface area contributed by atoms with Crippen LogP contribution in [0.4, 0.5) is 5.69 Å². The van der Waals surface area contributed by atoms with Crippen LogP contribution in [-0.2, 0) is 11.2 Å². The molecule has 0 radical (unpaired) electrons. The number of nitro benzene ring substituents is 1. The minimum absolute atomic E-state index is 0.0714. The number of carboxylic acid groups (broad SMARTS) is 1. The van der Waals surface area contributed by atoms with E-state index in [1.807, 2.05) is 0 Å². The van der Waals surface area contributed by atoms with Crippen LogP contribution < -0.4 is 0 Å². The number of carboxylic acids is 1. The highest BCUT2D eigenvalue weighted by Crippen LogP contribution is 2.38. The highest BCUT2D eigenvalue weighted by atomic mass is 35.5. The Bertz CT molecular complexity index is 717. The topological polar surface area (TPSA) is 93.3 Å². The smallest absolute Gasteiger partial charge is 0.308 e. The average molecular weight is 345 g/mol. The zero-order valence-electron chi connectivity index (χ0n) is 10.7. The number of non-ortho nitro benzene ring substituents is 1. The van der Waals surface area contributed by atoms with Crippen molar-refractivity contribution in [1.29, 1.82) is 0 Å². The van der Waals surface area contributed by atoms with Gasteiger partial charge in [0, 0.05) is 21.9 Å². The molecule has 0 saturated heterocycles. The van der Waals surface area contributed by atoms with Gasteiger partial charge in [0.2, 0.25) is 0 Å². The molecule has 1 aromatic carbocycles. The lowest BCUT2D eigenvalue weighted by molar-refractivity contribution is -0.384. The fraction of sp³-hybridized carbons (Fsp3) is 0.167. The Labute approximate surface area is 132 Å². The molecule has 1 aromatic heterocycles. The molecule has 9 heteroatoms. The Morgan fingerprint density at radius 1 is 1.57 bits per heavy atom. The quantitative estimate of drug-likeness (QED) is 0.655. The van der Waals surface area contributed by atoms with Crippen molar-refractivity contribution in [3.05, 3.63) is 43.9 Å². The second-order valence-electron chi connectivity index (χ2n) is 4.03. The summed E-state index contributed by atoms with van der Waals surface area (Å²) < 4.78 is 0.652. The third-order valence-electron chi connectivity index (χ3n) is 2.51. The summed E-state index contributed by atoms with van der Waals surface area (Å²) in [6.07, 6.45) is -0.0714. The summed E-state index contributed by atoms with van der Waals surface area (Å²) in [5.41, 5.74) is 0.592. The molecule has 0 atom stereocenters. The number of hydrogen-bond donors (Lipinski definition) is 1. The molecule has 6 nitrogen and oxygen atoms in total. The molecule has 2 aromatic rings. The number of nitrogens with zero attached hydrogens (tertiary/aromatic N) is 2. The third-order valence-corrected chi connectivity index (χ3v) is 5.23. The summed E-state index contributed by atoms with van der Waals surface area (Å²) in [4.78, 5) is 26.5. The SMILES string of the molecule is Cc1nc(Sc2ccc([N+](=O)[O-])cc2Cl)sc1CC(=O)O. The molecule has 1 N–H and O–H groups in total. The van der Waals surface area contributed by atoms with E-state index in [4.69, 9.17) is 16.7 Å². The maximum atomic E-state index is 10.7. The van der Waals surface area contributed by atoms with Crippen LogP contribution in [0.15, 0.2) is 27.4 Å². The number of benzene rings is 1. The monoisotopic (exact) mass is 344 g/mol. The van der Waals surface area contributed by atoms with Gasteiger partial charge < -0.3 is 5.11 Å². The number of nitro groups is 1. The Kier molecular flexibility index (Phi) is 4.81. The molecular weight excluding hydrogens is 336 g/mol. The van der Waals surface area contributed by atoms with Crippen LogP contribution >= 0.6 is 34.7 Å². The van der Waals surface area contributed by atoms with Crippen molar-refractivity contribution < 1.29 is 14.8 Å². The summed E-state index contributed by atoms with van der Waals surface area (Å²) >= 11 is 8.55. The highest BCUT2D eigenvalue weighted by molar-refractivity contribution is 8.01. The normalized spacial score (nSPS) is 10.6. The molecule has 0 saturated carbocycles. The molecule has 110 valence electrons. The number of rotatable bonds is 5. The molecule has 2 rings (SSSR count). The van der Waals surface area contributed by atoms with Gasteiger partial charge in [-0.25, -0.2) is 4.98 Å². The van der Waals surface area contributed by atoms with Crippen molar-refractivity contribution >= 4 is 46.4 Å². The molecule has 0 amide bonds. The van der Waals surface area contributed by atoms with Gasteiger partial charge in [0.05, 0.1) is 22.1 Å². The van der Waals surface area contributed by atoms with Crippen molar-refractivity contribution in [2.75, 3.05) is 0 Å². The van der Waals surface area contributed by atoms with Gasteiger partial charge in [0.1, 0.15) is 0 Å². The number of thiazole rings is 1. The van der Waals surface area contributed by atoms with Gasteiger partial charge in [-0.1, -0.05) is 23.4 Å². The first-order chi connectivity index (χ1) is 9.86. The standard InChI is InChI=1S/C12H9ClN2O4S2/c1-6-10(5-11(16)17)21-12(14-6)20-9-3-2-7(15(18)19)4-8(9)13/h2-4H,5H2,1H3,(H,16,17). The molecule has 0 aliphatic carbocycles. The molecule has 0 aliphatic heterocycles. The molecule has 0 fully saturated rings. The number of carbonyl (C=O) groups is 1. The van der Waals surface area contributed by atoms with Crippen LogP contribution in [0.5, 0.6) is 0 Å². The van der Waals surface area contributed by atoms with Crippen LogP contribution in [0.1, 0.15) is 10.6 Å². The second-order valence-corrected chi connectivity index (χ2v) is 6.81. The summed E-state index contributed by atoms with van der Waals surface area (Å²) in [5, 5.41) is 19.7. The first-order valence-corrected chi connectivity index (χ1v) is 7.68. The maximum Gasteiger partial charge on any atom is 0.308 e. The van der Waals surface area contributed by atoms with Crippen molar-refractivity contribution in [1.82, 2.24) is 4.98 Å². The molecule has 0 bridgehead atoms. The Balaban J connectivity index is 2.22. The predicted molar refractivity (Wildman–Crippen MR) is 80.4 cm³/mol. The summed E-state index contributed by atoms with van der Waals surface area (Å²) in [7, 11) is 0. The molecule has 0 spiro atoms. The van der Waals surface area contributed by atoms with E-state index < -0.39 is 10.9 Å². The molecule has 0 unspecified atom stereocenters. The first-order valence-electron chi connectivity index (χ1n) is 5.66. The van der Waals surface area contributed by atoms with Crippen LogP contribution in [0, 0.1) is 17.0 Å². The van der Waals surface area contributed by atoms with E-state index in [0.29, 0.717) is 19.8 Å². The third kappa shape index (κ3) is 3.93. The van der Waals surface area contributed by atoms with Crippen LogP contribution in [0.3, 0.4) is 0 Å². The van der Waals surface area contributed by atoms with E-state index in [-0.39, 0.29) is 17.1 Å². The van der Waals surface area contributed by atoms with E-state index in [2.05, 4.69) is 4.98 Å². The van der Waals surface area contributed by atoms with Gasteiger partial charge in [0.25, 0.3) is 5.69 Å². The zero-order valence-corrected chi connectivity index (χ0v) is 13.1. The zero-order chi connectivity index (χ0) is 15.6. The largest absolute Gasteiger partial charge is 0.481 e. The summed E-state index contributed by atoms with van der Waals surface area (Å²) in [6, 6.07) is 4.20. The molecule has 1 heterocycles. The van der Waals surface area contributed by atoms with Crippen molar-refractivity contribution in [2.45, 2.75) is 22.6 Å². The minimum Gasteiger partial charge on any atom is -0.481 e. The second kappa shape index (κ2) is 6.42. The van der Waals surface area contributed by atoms with Crippen molar-refractivity contribution in [3.8, 4) is 0 Å². The highest BCUT2D eigenvalue weighted by Gasteiger charge is 2.15. The number of halogens is 1. The van der Waals surface area contributed by atoms with Gasteiger partial charge in [-0.15, -0.1) is 11.3 Å². The average Bonchev–Trinajstić information content (AvgIpc) is 2.71.